The van der Waals surface area contributed by atoms with Crippen molar-refractivity contribution in [1.29, 1.82) is 0 Å². The third kappa shape index (κ3) is 1.43. The highest BCUT2D eigenvalue weighted by atomic mass is 15.0. The van der Waals surface area contributed by atoms with Crippen LogP contribution in [0.15, 0.2) is 0 Å². The van der Waals surface area contributed by atoms with Crippen LogP contribution in [0.2, 0.25) is 0 Å². The maximum Gasteiger partial charge on any atom is 0.0180 e. The number of hydrogen-bond donors (Lipinski definition) is 3. The highest BCUT2D eigenvalue weighted by Crippen LogP contribution is 1.95. The first-order chi connectivity index (χ1) is 3.79. The van der Waals surface area contributed by atoms with E-state index < -0.39 is 0 Å². The lowest BCUT2D eigenvalue weighted by atomic mass is 10.1. The summed E-state index contributed by atoms with van der Waals surface area (Å²) >= 11 is 0. The fourth-order valence-electron chi connectivity index (χ4n) is 1.01. The van der Waals surface area contributed by atoms with Gasteiger partial charge < -0.3 is 16.8 Å². The molecule has 48 valence electrons. The summed E-state index contributed by atoms with van der Waals surface area (Å²) in [4.78, 5) is 0. The van der Waals surface area contributed by atoms with E-state index in [0.29, 0.717) is 0 Å². The van der Waals surface area contributed by atoms with Gasteiger partial charge >= 0.3 is 0 Å². The molecule has 8 heavy (non-hydrogen) atoms. The van der Waals surface area contributed by atoms with Gasteiger partial charge in [0.15, 0.2) is 0 Å². The molecule has 0 aromatic heterocycles. The quantitative estimate of drug-likeness (QED) is 0.365. The van der Waals surface area contributed by atoms with Crippen molar-refractivity contribution in [1.82, 2.24) is 5.32 Å². The second-order valence-corrected chi connectivity index (χ2v) is 2.41. The highest BCUT2D eigenvalue weighted by molar-refractivity contribution is 4.79. The fraction of sp³-hybridized carbons (Fsp3) is 1.00. The van der Waals surface area contributed by atoms with E-state index in [1.807, 2.05) is 0 Å². The van der Waals surface area contributed by atoms with Crippen LogP contribution in [0.5, 0.6) is 0 Å². The molecule has 0 spiro atoms. The predicted octanol–water partition coefficient (Wildman–Crippen LogP) is -1.37. The van der Waals surface area contributed by atoms with Crippen LogP contribution in [0.3, 0.4) is 0 Å². The maximum absolute atomic E-state index is 5.58. The Hall–Kier alpha value is -0.120. The Kier molecular flexibility index (Phi) is 1.83. The van der Waals surface area contributed by atoms with E-state index in [4.69, 9.17) is 11.5 Å². The van der Waals surface area contributed by atoms with E-state index in [-0.39, 0.29) is 12.1 Å². The van der Waals surface area contributed by atoms with Gasteiger partial charge in [0, 0.05) is 25.2 Å². The Morgan fingerprint density at radius 3 is 1.88 bits per heavy atom. The Morgan fingerprint density at radius 1 is 1.12 bits per heavy atom. The molecule has 3 nitrogen and oxygen atoms in total. The van der Waals surface area contributed by atoms with Crippen LogP contribution >= 0.6 is 0 Å². The van der Waals surface area contributed by atoms with Crippen molar-refractivity contribution in [3.8, 4) is 0 Å². The molecule has 0 aliphatic carbocycles. The zero-order valence-corrected chi connectivity index (χ0v) is 4.93. The van der Waals surface area contributed by atoms with Crippen LogP contribution in [0, 0.1) is 0 Å². The third-order valence-electron chi connectivity index (χ3n) is 1.42. The Balaban J connectivity index is 2.23. The topological polar surface area (TPSA) is 64.1 Å². The highest BCUT2D eigenvalue weighted by Gasteiger charge is 2.13. The number of hydrogen-bond acceptors (Lipinski definition) is 3. The van der Waals surface area contributed by atoms with E-state index in [1.165, 1.54) is 0 Å². The van der Waals surface area contributed by atoms with Gasteiger partial charge in [0.05, 0.1) is 0 Å². The normalized spacial score (nSPS) is 39.8. The molecule has 0 radical (unpaired) electrons. The lowest BCUT2D eigenvalue weighted by molar-refractivity contribution is 0.411. The summed E-state index contributed by atoms with van der Waals surface area (Å²) in [5, 5.41) is 3.13. The second-order valence-electron chi connectivity index (χ2n) is 2.41. The lowest BCUT2D eigenvalue weighted by Gasteiger charge is -2.24. The third-order valence-corrected chi connectivity index (χ3v) is 1.42. The molecule has 0 bridgehead atoms. The van der Waals surface area contributed by atoms with Gasteiger partial charge in [-0.3, -0.25) is 0 Å². The van der Waals surface area contributed by atoms with Crippen LogP contribution in [-0.4, -0.2) is 25.2 Å². The fourth-order valence-corrected chi connectivity index (χ4v) is 1.01. The lowest BCUT2D eigenvalue weighted by Crippen LogP contribution is -2.49. The second kappa shape index (κ2) is 2.44. The van der Waals surface area contributed by atoms with E-state index >= 15 is 0 Å². The number of nitrogens with one attached hydrogen (secondary N) is 1. The number of piperidine rings is 1. The molecule has 5 N–H and O–H groups in total. The Labute approximate surface area is 49.4 Å². The Bertz CT molecular complexity index is 66.1. The van der Waals surface area contributed by atoms with Crippen molar-refractivity contribution in [2.24, 2.45) is 11.5 Å². The average molecular weight is 115 g/mol. The van der Waals surface area contributed by atoms with Gasteiger partial charge in [0.2, 0.25) is 0 Å². The van der Waals surface area contributed by atoms with Gasteiger partial charge in [-0.15, -0.1) is 0 Å². The summed E-state index contributed by atoms with van der Waals surface area (Å²) in [7, 11) is 0. The number of nitrogens with two attached hydrogens (primary N) is 2. The molecule has 2 atom stereocenters. The molecule has 0 aromatic carbocycles. The van der Waals surface area contributed by atoms with Crippen molar-refractivity contribution in [3.05, 3.63) is 0 Å². The molecule has 1 saturated heterocycles. The number of rotatable bonds is 0. The minimum Gasteiger partial charge on any atom is -0.326 e. The summed E-state index contributed by atoms with van der Waals surface area (Å²) in [5.41, 5.74) is 11.2. The summed E-state index contributed by atoms with van der Waals surface area (Å²) in [6, 6.07) is 0.553. The van der Waals surface area contributed by atoms with Gasteiger partial charge in [-0.05, 0) is 6.42 Å². The smallest absolute Gasteiger partial charge is 0.0180 e. The van der Waals surface area contributed by atoms with Crippen LogP contribution in [-0.2, 0) is 0 Å². The van der Waals surface area contributed by atoms with E-state index in [1.54, 1.807) is 0 Å². The molecule has 3 heteroatoms. The molecule has 1 fully saturated rings. The molecular weight excluding hydrogens is 102 g/mol. The van der Waals surface area contributed by atoms with E-state index in [2.05, 4.69) is 5.32 Å². The van der Waals surface area contributed by atoms with Gasteiger partial charge in [0.25, 0.3) is 0 Å². The van der Waals surface area contributed by atoms with E-state index in [9.17, 15) is 0 Å². The van der Waals surface area contributed by atoms with Crippen molar-refractivity contribution < 1.29 is 0 Å². The first-order valence-electron chi connectivity index (χ1n) is 3.01. The van der Waals surface area contributed by atoms with Crippen molar-refractivity contribution in [2.75, 3.05) is 13.1 Å². The van der Waals surface area contributed by atoms with Crippen molar-refractivity contribution in [2.45, 2.75) is 18.5 Å². The van der Waals surface area contributed by atoms with E-state index in [0.717, 1.165) is 19.5 Å². The first-order valence-corrected chi connectivity index (χ1v) is 3.01. The summed E-state index contributed by atoms with van der Waals surface area (Å²) < 4.78 is 0. The van der Waals surface area contributed by atoms with Gasteiger partial charge in [-0.25, -0.2) is 0 Å². The first kappa shape index (κ1) is 6.01. The predicted molar refractivity (Wildman–Crippen MR) is 33.4 cm³/mol. The van der Waals surface area contributed by atoms with Crippen molar-refractivity contribution in [3.63, 3.8) is 0 Å². The molecule has 1 unspecified atom stereocenters. The van der Waals surface area contributed by atoms with Crippen LogP contribution < -0.4 is 16.8 Å². The van der Waals surface area contributed by atoms with Crippen LogP contribution in [0.25, 0.3) is 0 Å². The average Bonchev–Trinajstić information content (AvgIpc) is 1.64. The molecule has 1 heterocycles. The van der Waals surface area contributed by atoms with Crippen molar-refractivity contribution >= 4 is 0 Å². The van der Waals surface area contributed by atoms with Gasteiger partial charge in [0.1, 0.15) is 0 Å². The minimum absolute atomic E-state index is 0.277. The SMILES string of the molecule is NC1CNC[C@@H](N)C1. The van der Waals surface area contributed by atoms with Crippen LogP contribution in [0.4, 0.5) is 0 Å². The molecule has 1 rings (SSSR count). The molecule has 0 saturated carbocycles. The zero-order chi connectivity index (χ0) is 5.98. The summed E-state index contributed by atoms with van der Waals surface area (Å²) in [6.07, 6.45) is 0.965. The zero-order valence-electron chi connectivity index (χ0n) is 4.93. The minimum atomic E-state index is 0.277. The Morgan fingerprint density at radius 2 is 1.62 bits per heavy atom. The molecular formula is C5H13N3. The van der Waals surface area contributed by atoms with Gasteiger partial charge in [-0.2, -0.15) is 0 Å². The maximum atomic E-state index is 5.58. The summed E-state index contributed by atoms with van der Waals surface area (Å²) in [5.74, 6) is 0. The van der Waals surface area contributed by atoms with Crippen LogP contribution in [0.1, 0.15) is 6.42 Å². The molecule has 1 aliphatic heterocycles. The molecule has 0 aromatic rings. The molecule has 0 amide bonds. The monoisotopic (exact) mass is 115 g/mol. The van der Waals surface area contributed by atoms with Gasteiger partial charge in [-0.1, -0.05) is 0 Å². The summed E-state index contributed by atoms with van der Waals surface area (Å²) in [6.45, 7) is 1.85. The largest absolute Gasteiger partial charge is 0.326 e. The molecule has 1 aliphatic rings. The standard InChI is InChI=1S/C5H13N3/c6-4-1-5(7)3-8-2-4/h4-5,8H,1-3,6-7H2/t4-,5?/m0/s1.